The largest absolute Gasteiger partial charge is 0.275 e. The molecule has 2 aromatic rings. The van der Waals surface area contributed by atoms with E-state index in [4.69, 9.17) is 11.6 Å². The smallest absolute Gasteiger partial charge is 0.262 e. The second-order valence-electron chi connectivity index (χ2n) is 3.80. The number of hydrogen-bond donors (Lipinski definition) is 1. The zero-order valence-electron chi connectivity index (χ0n) is 9.70. The van der Waals surface area contributed by atoms with Gasteiger partial charge in [-0.15, -0.1) is 0 Å². The number of halogens is 4. The number of benzene rings is 2. The lowest BCUT2D eigenvalue weighted by Crippen LogP contribution is -2.14. The highest BCUT2D eigenvalue weighted by Gasteiger charge is 2.19. The highest BCUT2D eigenvalue weighted by molar-refractivity contribution is 9.10. The third-order valence-electron chi connectivity index (χ3n) is 2.37. The van der Waals surface area contributed by atoms with E-state index in [9.17, 15) is 17.2 Å². The molecular weight excluding hydrogens is 376 g/mol. The minimum Gasteiger partial charge on any atom is -0.275 e. The van der Waals surface area contributed by atoms with Gasteiger partial charge in [0, 0.05) is 10.5 Å². The first kappa shape index (κ1) is 15.2. The van der Waals surface area contributed by atoms with E-state index in [-0.39, 0.29) is 9.92 Å². The van der Waals surface area contributed by atoms with Crippen LogP contribution in [0.25, 0.3) is 0 Å². The Hall–Kier alpha value is -1.18. The van der Waals surface area contributed by atoms with Gasteiger partial charge in [0.25, 0.3) is 10.0 Å². The van der Waals surface area contributed by atoms with Crippen LogP contribution < -0.4 is 4.72 Å². The van der Waals surface area contributed by atoms with E-state index in [1.807, 2.05) is 4.72 Å². The monoisotopic (exact) mass is 381 g/mol. The summed E-state index contributed by atoms with van der Waals surface area (Å²) in [6.45, 7) is 0. The van der Waals surface area contributed by atoms with Crippen LogP contribution in [0.3, 0.4) is 0 Å². The van der Waals surface area contributed by atoms with Gasteiger partial charge in [-0.2, -0.15) is 0 Å². The van der Waals surface area contributed by atoms with Gasteiger partial charge in [0.05, 0.1) is 9.92 Å². The Labute approximate surface area is 127 Å². The molecule has 0 saturated heterocycles. The fourth-order valence-corrected chi connectivity index (χ4v) is 3.10. The zero-order valence-corrected chi connectivity index (χ0v) is 12.9. The Kier molecular flexibility index (Phi) is 4.31. The second-order valence-corrected chi connectivity index (χ2v) is 6.81. The van der Waals surface area contributed by atoms with Crippen molar-refractivity contribution in [2.45, 2.75) is 4.90 Å². The number of anilines is 1. The summed E-state index contributed by atoms with van der Waals surface area (Å²) < 4.78 is 53.3. The molecular formula is C12H7BrClF2NO2S. The average Bonchev–Trinajstić information content (AvgIpc) is 2.34. The maximum Gasteiger partial charge on any atom is 0.262 e. The molecule has 0 spiro atoms. The molecule has 0 fully saturated rings. The van der Waals surface area contributed by atoms with Crippen molar-refractivity contribution in [2.24, 2.45) is 0 Å². The molecule has 0 saturated carbocycles. The van der Waals surface area contributed by atoms with Gasteiger partial charge in [-0.3, -0.25) is 4.72 Å². The van der Waals surface area contributed by atoms with Gasteiger partial charge in [-0.05, 0) is 30.3 Å². The first-order valence-corrected chi connectivity index (χ1v) is 7.88. The molecule has 0 amide bonds. The molecule has 0 aromatic heterocycles. The number of sulfonamides is 1. The summed E-state index contributed by atoms with van der Waals surface area (Å²) in [6, 6.07) is 7.09. The molecule has 0 unspecified atom stereocenters. The Morgan fingerprint density at radius 3 is 2.25 bits per heavy atom. The normalized spacial score (nSPS) is 11.4. The summed E-state index contributed by atoms with van der Waals surface area (Å²) in [6.07, 6.45) is 0. The minimum absolute atomic E-state index is 0.0690. The number of hydrogen-bond acceptors (Lipinski definition) is 2. The maximum absolute atomic E-state index is 13.6. The van der Waals surface area contributed by atoms with Crippen LogP contribution in [0, 0.1) is 11.6 Å². The van der Waals surface area contributed by atoms with Gasteiger partial charge >= 0.3 is 0 Å². The van der Waals surface area contributed by atoms with Crippen LogP contribution in [0.4, 0.5) is 14.5 Å². The third-order valence-corrected chi connectivity index (χ3v) is 4.56. The summed E-state index contributed by atoms with van der Waals surface area (Å²) >= 11 is 8.81. The topological polar surface area (TPSA) is 46.2 Å². The van der Waals surface area contributed by atoms with Crippen LogP contribution in [-0.4, -0.2) is 8.42 Å². The summed E-state index contributed by atoms with van der Waals surface area (Å²) in [5.74, 6) is -1.98. The van der Waals surface area contributed by atoms with Crippen LogP contribution in [0.1, 0.15) is 0 Å². The fraction of sp³-hybridized carbons (Fsp3) is 0. The van der Waals surface area contributed by atoms with E-state index < -0.39 is 27.3 Å². The predicted octanol–water partition coefficient (Wildman–Crippen LogP) is 4.18. The van der Waals surface area contributed by atoms with E-state index in [0.29, 0.717) is 10.5 Å². The van der Waals surface area contributed by atoms with E-state index in [1.165, 1.54) is 24.3 Å². The van der Waals surface area contributed by atoms with Crippen molar-refractivity contribution in [3.05, 3.63) is 57.5 Å². The van der Waals surface area contributed by atoms with Gasteiger partial charge < -0.3 is 0 Å². The van der Waals surface area contributed by atoms with Crippen LogP contribution >= 0.6 is 27.5 Å². The van der Waals surface area contributed by atoms with Gasteiger partial charge in [-0.1, -0.05) is 27.5 Å². The van der Waals surface area contributed by atoms with Gasteiger partial charge in [0.2, 0.25) is 0 Å². The Balaban J connectivity index is 2.41. The van der Waals surface area contributed by atoms with Crippen LogP contribution in [0.15, 0.2) is 45.8 Å². The van der Waals surface area contributed by atoms with E-state index in [1.54, 1.807) is 0 Å². The van der Waals surface area contributed by atoms with Crippen molar-refractivity contribution >= 4 is 43.2 Å². The van der Waals surface area contributed by atoms with Crippen LogP contribution in [0.2, 0.25) is 5.02 Å². The fourth-order valence-electron chi connectivity index (χ4n) is 1.45. The lowest BCUT2D eigenvalue weighted by molar-refractivity contribution is 0.583. The van der Waals surface area contributed by atoms with E-state index >= 15 is 0 Å². The molecule has 20 heavy (non-hydrogen) atoms. The van der Waals surface area contributed by atoms with Crippen molar-refractivity contribution in [2.75, 3.05) is 4.72 Å². The Morgan fingerprint density at radius 1 is 1.10 bits per heavy atom. The van der Waals surface area contributed by atoms with Gasteiger partial charge in [-0.25, -0.2) is 17.2 Å². The van der Waals surface area contributed by atoms with Gasteiger partial charge in [0.15, 0.2) is 5.82 Å². The van der Waals surface area contributed by atoms with Crippen molar-refractivity contribution in [1.82, 2.24) is 0 Å². The molecule has 8 heteroatoms. The molecule has 0 aliphatic heterocycles. The molecule has 106 valence electrons. The zero-order chi connectivity index (χ0) is 14.9. The molecule has 0 atom stereocenters. The molecule has 0 bridgehead atoms. The quantitative estimate of drug-likeness (QED) is 0.865. The van der Waals surface area contributed by atoms with E-state index in [2.05, 4.69) is 15.9 Å². The molecule has 0 heterocycles. The molecule has 2 rings (SSSR count). The lowest BCUT2D eigenvalue weighted by Gasteiger charge is -2.10. The number of rotatable bonds is 3. The standard InChI is InChI=1S/C12H7BrClF2NO2S/c13-7-1-3-9(4-2-7)20(18,19)17-12-10(14)5-8(15)6-11(12)16/h1-6,17H. The molecule has 0 radical (unpaired) electrons. The van der Waals surface area contributed by atoms with E-state index in [0.717, 1.165) is 6.07 Å². The SMILES string of the molecule is O=S(=O)(Nc1c(F)cc(F)cc1Cl)c1ccc(Br)cc1. The molecule has 0 aliphatic carbocycles. The summed E-state index contributed by atoms with van der Waals surface area (Å²) in [4.78, 5) is -0.0690. The summed E-state index contributed by atoms with van der Waals surface area (Å²) in [7, 11) is -4.01. The average molecular weight is 383 g/mol. The first-order valence-electron chi connectivity index (χ1n) is 5.22. The lowest BCUT2D eigenvalue weighted by atomic mass is 10.3. The Bertz CT molecular complexity index is 728. The minimum atomic E-state index is -4.01. The third kappa shape index (κ3) is 3.28. The highest BCUT2D eigenvalue weighted by atomic mass is 79.9. The molecule has 0 aliphatic rings. The van der Waals surface area contributed by atoms with Crippen molar-refractivity contribution in [3.8, 4) is 0 Å². The first-order chi connectivity index (χ1) is 9.29. The highest BCUT2D eigenvalue weighted by Crippen LogP contribution is 2.28. The molecule has 2 aromatic carbocycles. The number of nitrogens with one attached hydrogen (secondary N) is 1. The Morgan fingerprint density at radius 2 is 1.70 bits per heavy atom. The van der Waals surface area contributed by atoms with Crippen molar-refractivity contribution in [1.29, 1.82) is 0 Å². The maximum atomic E-state index is 13.6. The van der Waals surface area contributed by atoms with Gasteiger partial charge in [0.1, 0.15) is 11.5 Å². The van der Waals surface area contributed by atoms with Crippen LogP contribution in [0.5, 0.6) is 0 Å². The van der Waals surface area contributed by atoms with Crippen molar-refractivity contribution in [3.63, 3.8) is 0 Å². The second kappa shape index (κ2) is 5.67. The summed E-state index contributed by atoms with van der Waals surface area (Å²) in [5, 5.41) is -0.358. The van der Waals surface area contributed by atoms with Crippen molar-refractivity contribution < 1.29 is 17.2 Å². The molecule has 3 nitrogen and oxygen atoms in total. The molecule has 1 N–H and O–H groups in total. The summed E-state index contributed by atoms with van der Waals surface area (Å²) in [5.41, 5.74) is -0.490. The van der Waals surface area contributed by atoms with Crippen LogP contribution in [-0.2, 0) is 10.0 Å². The predicted molar refractivity (Wildman–Crippen MR) is 76.3 cm³/mol.